The fourth-order valence-corrected chi connectivity index (χ4v) is 2.60. The summed E-state index contributed by atoms with van der Waals surface area (Å²) in [7, 11) is 0. The summed E-state index contributed by atoms with van der Waals surface area (Å²) in [4.78, 5) is 47.0. The van der Waals surface area contributed by atoms with Gasteiger partial charge in [-0.15, -0.1) is 0 Å². The van der Waals surface area contributed by atoms with Crippen LogP contribution in [0.5, 0.6) is 0 Å². The minimum Gasteiger partial charge on any atom is -0.480 e. The molecule has 0 saturated carbocycles. The van der Waals surface area contributed by atoms with Crippen molar-refractivity contribution in [3.05, 3.63) is 0 Å². The molecule has 0 aromatic heterocycles. The number of aliphatic hydroxyl groups excluding tert-OH is 1. The zero-order valence-corrected chi connectivity index (χ0v) is 15.1. The summed E-state index contributed by atoms with van der Waals surface area (Å²) in [6, 6.07) is -2.73. The standard InChI is InChI=1S/C16H28N4O6/c1-9(2)6-11(16(25)26)20-15(24)12(8-21)19-13(22)7-18-14(23)10-4-3-5-17-10/h9-12,17,21H,3-8H2,1-2H3,(H,18,23)(H,19,22)(H,20,24)(H,25,26). The first-order valence-corrected chi connectivity index (χ1v) is 8.69. The quantitative estimate of drug-likeness (QED) is 0.258. The molecule has 26 heavy (non-hydrogen) atoms. The molecule has 3 atom stereocenters. The van der Waals surface area contributed by atoms with Crippen molar-refractivity contribution in [1.29, 1.82) is 0 Å². The Hall–Kier alpha value is -2.20. The lowest BCUT2D eigenvalue weighted by atomic mass is 10.0. The lowest BCUT2D eigenvalue weighted by Gasteiger charge is -2.21. The molecule has 10 nitrogen and oxygen atoms in total. The molecule has 1 fully saturated rings. The van der Waals surface area contributed by atoms with Crippen LogP contribution in [0.15, 0.2) is 0 Å². The van der Waals surface area contributed by atoms with Gasteiger partial charge in [-0.25, -0.2) is 4.79 Å². The van der Waals surface area contributed by atoms with E-state index in [9.17, 15) is 24.3 Å². The van der Waals surface area contributed by atoms with E-state index in [1.807, 2.05) is 13.8 Å². The van der Waals surface area contributed by atoms with Crippen LogP contribution in [-0.4, -0.2) is 71.7 Å². The Morgan fingerprint density at radius 3 is 2.35 bits per heavy atom. The number of nitrogens with one attached hydrogen (secondary N) is 4. The van der Waals surface area contributed by atoms with Gasteiger partial charge in [0.2, 0.25) is 17.7 Å². The number of amides is 3. The van der Waals surface area contributed by atoms with Crippen molar-refractivity contribution in [2.45, 2.75) is 51.2 Å². The second kappa shape index (κ2) is 10.7. The molecular weight excluding hydrogens is 344 g/mol. The van der Waals surface area contributed by atoms with Gasteiger partial charge in [0.1, 0.15) is 12.1 Å². The van der Waals surface area contributed by atoms with Gasteiger partial charge in [0.15, 0.2) is 0 Å². The molecule has 1 rings (SSSR count). The fourth-order valence-electron chi connectivity index (χ4n) is 2.60. The number of carbonyl (C=O) groups is 4. The first kappa shape index (κ1) is 21.8. The summed E-state index contributed by atoms with van der Waals surface area (Å²) in [5.74, 6) is -2.89. The van der Waals surface area contributed by atoms with Crippen molar-refractivity contribution in [2.75, 3.05) is 19.7 Å². The monoisotopic (exact) mass is 372 g/mol. The van der Waals surface area contributed by atoms with Crippen LogP contribution in [-0.2, 0) is 19.2 Å². The van der Waals surface area contributed by atoms with Crippen molar-refractivity contribution in [2.24, 2.45) is 5.92 Å². The molecule has 0 aromatic rings. The third kappa shape index (κ3) is 7.36. The number of aliphatic carboxylic acids is 1. The predicted molar refractivity (Wildman–Crippen MR) is 92.1 cm³/mol. The lowest BCUT2D eigenvalue weighted by molar-refractivity contribution is -0.143. The molecule has 3 amide bonds. The second-order valence-corrected chi connectivity index (χ2v) is 6.70. The van der Waals surface area contributed by atoms with Gasteiger partial charge in [-0.05, 0) is 31.7 Å². The van der Waals surface area contributed by atoms with Gasteiger partial charge < -0.3 is 31.5 Å². The van der Waals surface area contributed by atoms with Gasteiger partial charge in [0.05, 0.1) is 19.2 Å². The minimum atomic E-state index is -1.29. The number of carbonyl (C=O) groups excluding carboxylic acids is 3. The van der Waals surface area contributed by atoms with Crippen LogP contribution in [0, 0.1) is 5.92 Å². The number of carboxylic acid groups (broad SMARTS) is 1. The van der Waals surface area contributed by atoms with Crippen LogP contribution in [0.4, 0.5) is 0 Å². The van der Waals surface area contributed by atoms with Gasteiger partial charge in [0.25, 0.3) is 0 Å². The number of hydrogen-bond acceptors (Lipinski definition) is 6. The van der Waals surface area contributed by atoms with Crippen molar-refractivity contribution in [3.8, 4) is 0 Å². The van der Waals surface area contributed by atoms with Crippen LogP contribution >= 0.6 is 0 Å². The average Bonchev–Trinajstić information content (AvgIpc) is 3.10. The van der Waals surface area contributed by atoms with Crippen molar-refractivity contribution < 1.29 is 29.4 Å². The molecule has 1 saturated heterocycles. The molecule has 10 heteroatoms. The third-order valence-corrected chi connectivity index (χ3v) is 3.96. The average molecular weight is 372 g/mol. The Morgan fingerprint density at radius 1 is 1.15 bits per heavy atom. The first-order valence-electron chi connectivity index (χ1n) is 8.69. The summed E-state index contributed by atoms with van der Waals surface area (Å²) in [5.41, 5.74) is 0. The Labute approximate surface area is 152 Å². The first-order chi connectivity index (χ1) is 12.2. The van der Waals surface area contributed by atoms with E-state index in [1.165, 1.54) is 0 Å². The van der Waals surface area contributed by atoms with E-state index >= 15 is 0 Å². The molecule has 148 valence electrons. The lowest BCUT2D eigenvalue weighted by Crippen LogP contribution is -2.55. The van der Waals surface area contributed by atoms with Gasteiger partial charge in [-0.3, -0.25) is 14.4 Å². The van der Waals surface area contributed by atoms with E-state index in [2.05, 4.69) is 21.3 Å². The van der Waals surface area contributed by atoms with E-state index < -0.39 is 36.5 Å². The maximum absolute atomic E-state index is 12.1. The molecule has 0 aromatic carbocycles. The van der Waals surface area contributed by atoms with E-state index in [-0.39, 0.29) is 30.8 Å². The van der Waals surface area contributed by atoms with E-state index in [1.54, 1.807) is 0 Å². The Kier molecular flexibility index (Phi) is 9.00. The Morgan fingerprint density at radius 2 is 1.85 bits per heavy atom. The van der Waals surface area contributed by atoms with Gasteiger partial charge in [0, 0.05) is 0 Å². The highest BCUT2D eigenvalue weighted by molar-refractivity contribution is 5.92. The van der Waals surface area contributed by atoms with Crippen LogP contribution in [0.1, 0.15) is 33.1 Å². The fraction of sp³-hybridized carbons (Fsp3) is 0.750. The third-order valence-electron chi connectivity index (χ3n) is 3.96. The van der Waals surface area contributed by atoms with Crippen LogP contribution < -0.4 is 21.3 Å². The number of aliphatic hydroxyl groups is 1. The van der Waals surface area contributed by atoms with Crippen molar-refractivity contribution in [3.63, 3.8) is 0 Å². The SMILES string of the molecule is CC(C)CC(NC(=O)C(CO)NC(=O)CNC(=O)C1CCCN1)C(=O)O. The van der Waals surface area contributed by atoms with Gasteiger partial charge >= 0.3 is 5.97 Å². The second-order valence-electron chi connectivity index (χ2n) is 6.70. The zero-order valence-electron chi connectivity index (χ0n) is 15.1. The molecule has 3 unspecified atom stereocenters. The molecule has 0 radical (unpaired) electrons. The molecular formula is C16H28N4O6. The maximum atomic E-state index is 12.1. The Bertz CT molecular complexity index is 519. The number of rotatable bonds is 10. The molecule has 0 aliphatic carbocycles. The molecule has 1 aliphatic heterocycles. The number of hydrogen-bond donors (Lipinski definition) is 6. The maximum Gasteiger partial charge on any atom is 0.326 e. The number of carboxylic acids is 1. The summed E-state index contributed by atoms with van der Waals surface area (Å²) in [6.07, 6.45) is 1.80. The van der Waals surface area contributed by atoms with Crippen LogP contribution in [0.25, 0.3) is 0 Å². The highest BCUT2D eigenvalue weighted by atomic mass is 16.4. The van der Waals surface area contributed by atoms with Gasteiger partial charge in [-0.2, -0.15) is 0 Å². The molecule has 6 N–H and O–H groups in total. The smallest absolute Gasteiger partial charge is 0.326 e. The Balaban J connectivity index is 2.47. The topological polar surface area (TPSA) is 157 Å². The highest BCUT2D eigenvalue weighted by Crippen LogP contribution is 2.05. The summed E-state index contributed by atoms with van der Waals surface area (Å²) < 4.78 is 0. The van der Waals surface area contributed by atoms with Crippen molar-refractivity contribution in [1.82, 2.24) is 21.3 Å². The van der Waals surface area contributed by atoms with E-state index in [0.717, 1.165) is 13.0 Å². The largest absolute Gasteiger partial charge is 0.480 e. The summed E-state index contributed by atoms with van der Waals surface area (Å²) in [6.45, 7) is 3.35. The minimum absolute atomic E-state index is 0.0398. The summed E-state index contributed by atoms with van der Waals surface area (Å²) in [5, 5.41) is 28.5. The van der Waals surface area contributed by atoms with Crippen LogP contribution in [0.2, 0.25) is 0 Å². The van der Waals surface area contributed by atoms with E-state index in [0.29, 0.717) is 6.42 Å². The van der Waals surface area contributed by atoms with Gasteiger partial charge in [-0.1, -0.05) is 13.8 Å². The highest BCUT2D eigenvalue weighted by Gasteiger charge is 2.27. The zero-order chi connectivity index (χ0) is 19.7. The molecule has 0 spiro atoms. The van der Waals surface area contributed by atoms with Crippen molar-refractivity contribution >= 4 is 23.7 Å². The predicted octanol–water partition coefficient (Wildman–Crippen LogP) is -2.05. The van der Waals surface area contributed by atoms with E-state index in [4.69, 9.17) is 5.11 Å². The summed E-state index contributed by atoms with van der Waals surface area (Å²) >= 11 is 0. The van der Waals surface area contributed by atoms with Crippen LogP contribution in [0.3, 0.4) is 0 Å². The molecule has 0 bridgehead atoms. The molecule has 1 aliphatic rings. The normalized spacial score (nSPS) is 18.8. The molecule has 1 heterocycles.